The van der Waals surface area contributed by atoms with E-state index in [1.807, 2.05) is 0 Å². The molecule has 0 aliphatic carbocycles. The molecule has 1 heterocycles. The molecule has 22 heavy (non-hydrogen) atoms. The van der Waals surface area contributed by atoms with Crippen molar-refractivity contribution in [3.8, 4) is 0 Å². The number of hydrogen-bond acceptors (Lipinski definition) is 4. The molecule has 0 saturated heterocycles. The van der Waals surface area contributed by atoms with E-state index in [1.54, 1.807) is 32.9 Å². The zero-order chi connectivity index (χ0) is 16.5. The van der Waals surface area contributed by atoms with Crippen LogP contribution in [0.2, 0.25) is 5.02 Å². The molecule has 7 heteroatoms. The van der Waals surface area contributed by atoms with E-state index in [0.717, 1.165) is 0 Å². The SMILES string of the molecule is CC(C)(C)OC(=O)NCc1cc2cc(Cl)cc(C(=O)O)c2o1. The molecule has 0 fully saturated rings. The van der Waals surface area contributed by atoms with E-state index in [9.17, 15) is 9.59 Å². The molecule has 0 aliphatic heterocycles. The third-order valence-corrected chi connectivity index (χ3v) is 2.89. The van der Waals surface area contributed by atoms with Gasteiger partial charge in [0.25, 0.3) is 0 Å². The molecule has 0 unspecified atom stereocenters. The van der Waals surface area contributed by atoms with Crippen LogP contribution in [0.1, 0.15) is 36.9 Å². The van der Waals surface area contributed by atoms with E-state index in [0.29, 0.717) is 16.2 Å². The predicted octanol–water partition coefficient (Wildman–Crippen LogP) is 3.81. The quantitative estimate of drug-likeness (QED) is 0.895. The van der Waals surface area contributed by atoms with Gasteiger partial charge in [0.1, 0.15) is 22.5 Å². The molecular weight excluding hydrogens is 310 g/mol. The highest BCUT2D eigenvalue weighted by Gasteiger charge is 2.18. The van der Waals surface area contributed by atoms with Crippen molar-refractivity contribution in [3.63, 3.8) is 0 Å². The fraction of sp³-hybridized carbons (Fsp3) is 0.333. The smallest absolute Gasteiger partial charge is 0.408 e. The molecule has 1 aromatic carbocycles. The number of carboxylic acid groups (broad SMARTS) is 1. The van der Waals surface area contributed by atoms with Crippen LogP contribution < -0.4 is 5.32 Å². The average Bonchev–Trinajstić information content (AvgIpc) is 2.75. The van der Waals surface area contributed by atoms with Gasteiger partial charge in [0.2, 0.25) is 0 Å². The van der Waals surface area contributed by atoms with Crippen LogP contribution in [0.15, 0.2) is 22.6 Å². The molecule has 1 amide bonds. The van der Waals surface area contributed by atoms with Gasteiger partial charge in [-0.3, -0.25) is 0 Å². The van der Waals surface area contributed by atoms with Crippen LogP contribution in [0.3, 0.4) is 0 Å². The Morgan fingerprint density at radius 3 is 2.59 bits per heavy atom. The molecule has 0 radical (unpaired) electrons. The Morgan fingerprint density at radius 1 is 1.32 bits per heavy atom. The van der Waals surface area contributed by atoms with Crippen LogP contribution in [-0.4, -0.2) is 22.8 Å². The van der Waals surface area contributed by atoms with Crippen molar-refractivity contribution in [1.82, 2.24) is 5.32 Å². The Bertz CT molecular complexity index is 729. The molecule has 2 N–H and O–H groups in total. The highest BCUT2D eigenvalue weighted by Crippen LogP contribution is 2.27. The minimum atomic E-state index is -1.13. The number of alkyl carbamates (subject to hydrolysis) is 1. The van der Waals surface area contributed by atoms with Gasteiger partial charge < -0.3 is 19.6 Å². The summed E-state index contributed by atoms with van der Waals surface area (Å²) in [5.41, 5.74) is -0.397. The fourth-order valence-corrected chi connectivity index (χ4v) is 2.12. The third-order valence-electron chi connectivity index (χ3n) is 2.67. The van der Waals surface area contributed by atoms with Crippen LogP contribution >= 0.6 is 11.6 Å². The van der Waals surface area contributed by atoms with Gasteiger partial charge in [0, 0.05) is 10.4 Å². The van der Waals surface area contributed by atoms with Gasteiger partial charge in [0.05, 0.1) is 6.54 Å². The lowest BCUT2D eigenvalue weighted by Gasteiger charge is -2.19. The second-order valence-corrected chi connectivity index (χ2v) is 6.18. The summed E-state index contributed by atoms with van der Waals surface area (Å²) in [6.45, 7) is 5.36. The lowest BCUT2D eigenvalue weighted by molar-refractivity contribution is 0.0519. The predicted molar refractivity (Wildman–Crippen MR) is 81.3 cm³/mol. The summed E-state index contributed by atoms with van der Waals surface area (Å²) in [7, 11) is 0. The number of carbonyl (C=O) groups excluding carboxylic acids is 1. The van der Waals surface area contributed by atoms with Crippen LogP contribution in [0.4, 0.5) is 4.79 Å². The molecule has 6 nitrogen and oxygen atoms in total. The number of benzene rings is 1. The first kappa shape index (κ1) is 16.2. The van der Waals surface area contributed by atoms with Gasteiger partial charge in [-0.25, -0.2) is 9.59 Å². The maximum Gasteiger partial charge on any atom is 0.408 e. The minimum Gasteiger partial charge on any atom is -0.478 e. The summed E-state index contributed by atoms with van der Waals surface area (Å²) < 4.78 is 10.6. The van der Waals surface area contributed by atoms with Gasteiger partial charge >= 0.3 is 12.1 Å². The van der Waals surface area contributed by atoms with E-state index in [2.05, 4.69) is 5.32 Å². The highest BCUT2D eigenvalue weighted by atomic mass is 35.5. The number of furan rings is 1. The van der Waals surface area contributed by atoms with Crippen molar-refractivity contribution in [2.75, 3.05) is 0 Å². The highest BCUT2D eigenvalue weighted by molar-refractivity contribution is 6.32. The number of carboxylic acids is 1. The summed E-state index contributed by atoms with van der Waals surface area (Å²) >= 11 is 5.88. The van der Waals surface area contributed by atoms with Crippen LogP contribution in [-0.2, 0) is 11.3 Å². The Balaban J connectivity index is 2.18. The lowest BCUT2D eigenvalue weighted by Crippen LogP contribution is -2.32. The number of carbonyl (C=O) groups is 2. The molecule has 0 spiro atoms. The van der Waals surface area contributed by atoms with Crippen LogP contribution in [0, 0.1) is 0 Å². The number of rotatable bonds is 3. The molecule has 1 aromatic heterocycles. The van der Waals surface area contributed by atoms with E-state index < -0.39 is 17.7 Å². The van der Waals surface area contributed by atoms with E-state index >= 15 is 0 Å². The number of ether oxygens (including phenoxy) is 1. The number of nitrogens with one attached hydrogen (secondary N) is 1. The largest absolute Gasteiger partial charge is 0.478 e. The van der Waals surface area contributed by atoms with Crippen molar-refractivity contribution < 1.29 is 23.8 Å². The van der Waals surface area contributed by atoms with Gasteiger partial charge in [-0.1, -0.05) is 11.6 Å². The Morgan fingerprint density at radius 2 is 2.00 bits per heavy atom. The summed E-state index contributed by atoms with van der Waals surface area (Å²) in [4.78, 5) is 22.8. The molecule has 2 rings (SSSR count). The maximum atomic E-state index is 11.6. The van der Waals surface area contributed by atoms with E-state index in [1.165, 1.54) is 6.07 Å². The minimum absolute atomic E-state index is 0.0222. The fourth-order valence-electron chi connectivity index (χ4n) is 1.89. The van der Waals surface area contributed by atoms with Crippen molar-refractivity contribution in [1.29, 1.82) is 0 Å². The normalized spacial score (nSPS) is 11.5. The number of halogens is 1. The van der Waals surface area contributed by atoms with Gasteiger partial charge in [0.15, 0.2) is 0 Å². The number of fused-ring (bicyclic) bond motifs is 1. The molecule has 0 aliphatic rings. The molecule has 0 saturated carbocycles. The van der Waals surface area contributed by atoms with Crippen molar-refractivity contribution in [3.05, 3.63) is 34.5 Å². The maximum absolute atomic E-state index is 11.6. The van der Waals surface area contributed by atoms with Gasteiger partial charge in [-0.15, -0.1) is 0 Å². The van der Waals surface area contributed by atoms with Gasteiger partial charge in [-0.05, 0) is 39.0 Å². The first-order chi connectivity index (χ1) is 10.2. The average molecular weight is 326 g/mol. The number of hydrogen-bond donors (Lipinski definition) is 2. The van der Waals surface area contributed by atoms with E-state index in [-0.39, 0.29) is 17.7 Å². The molecule has 0 atom stereocenters. The molecule has 0 bridgehead atoms. The van der Waals surface area contributed by atoms with Crippen LogP contribution in [0.5, 0.6) is 0 Å². The second-order valence-electron chi connectivity index (χ2n) is 5.75. The Labute approximate surface area is 132 Å². The zero-order valence-electron chi connectivity index (χ0n) is 12.4. The van der Waals surface area contributed by atoms with Gasteiger partial charge in [-0.2, -0.15) is 0 Å². The Kier molecular flexibility index (Phi) is 4.32. The molecular formula is C15H16ClNO5. The van der Waals surface area contributed by atoms with Crippen molar-refractivity contribution >= 4 is 34.6 Å². The topological polar surface area (TPSA) is 88.8 Å². The first-order valence-corrected chi connectivity index (χ1v) is 6.95. The summed E-state index contributed by atoms with van der Waals surface area (Å²) in [5.74, 6) is -0.723. The summed E-state index contributed by atoms with van der Waals surface area (Å²) in [5, 5.41) is 12.6. The summed E-state index contributed by atoms with van der Waals surface area (Å²) in [6, 6.07) is 4.55. The second kappa shape index (κ2) is 5.88. The third kappa shape index (κ3) is 3.92. The Hall–Kier alpha value is -2.21. The number of amides is 1. The first-order valence-electron chi connectivity index (χ1n) is 6.58. The van der Waals surface area contributed by atoms with Crippen molar-refractivity contribution in [2.24, 2.45) is 0 Å². The van der Waals surface area contributed by atoms with Crippen LogP contribution in [0.25, 0.3) is 11.0 Å². The monoisotopic (exact) mass is 325 g/mol. The van der Waals surface area contributed by atoms with Crippen molar-refractivity contribution in [2.45, 2.75) is 32.9 Å². The summed E-state index contributed by atoms with van der Waals surface area (Å²) in [6.07, 6.45) is -0.579. The standard InChI is InChI=1S/C15H16ClNO5/c1-15(2,3)22-14(20)17-7-10-5-8-4-9(16)6-11(13(18)19)12(8)21-10/h4-6H,7H2,1-3H3,(H,17,20)(H,18,19). The van der Waals surface area contributed by atoms with E-state index in [4.69, 9.17) is 25.9 Å². The molecule has 118 valence electrons. The molecule has 2 aromatic rings. The lowest BCUT2D eigenvalue weighted by atomic mass is 10.1. The zero-order valence-corrected chi connectivity index (χ0v) is 13.2. The number of aromatic carboxylic acids is 1.